The van der Waals surface area contributed by atoms with Crippen LogP contribution >= 0.6 is 0 Å². The summed E-state index contributed by atoms with van der Waals surface area (Å²) in [6.07, 6.45) is 1.84. The Kier molecular flexibility index (Phi) is 5.33. The van der Waals surface area contributed by atoms with E-state index in [0.29, 0.717) is 11.5 Å². The average Bonchev–Trinajstić information content (AvgIpc) is 3.17. The summed E-state index contributed by atoms with van der Waals surface area (Å²) < 4.78 is 5.45. The molecule has 2 aliphatic rings. The van der Waals surface area contributed by atoms with E-state index in [-0.39, 0.29) is 5.91 Å². The molecule has 3 aromatic carbocycles. The largest absolute Gasteiger partial charge is 0.378 e. The molecule has 0 bridgehead atoms. The number of carbonyl (C=O) groups excluding carboxylic acids is 1. The van der Waals surface area contributed by atoms with Crippen LogP contribution < -0.4 is 9.80 Å². The van der Waals surface area contributed by atoms with Crippen LogP contribution in [0.3, 0.4) is 0 Å². The van der Waals surface area contributed by atoms with Gasteiger partial charge in [-0.2, -0.15) is 0 Å². The van der Waals surface area contributed by atoms with Crippen molar-refractivity contribution in [3.63, 3.8) is 0 Å². The van der Waals surface area contributed by atoms with Crippen molar-refractivity contribution in [1.82, 2.24) is 0 Å². The predicted octanol–water partition coefficient (Wildman–Crippen LogP) is 4.36. The monoisotopic (exact) mass is 409 g/mol. The van der Waals surface area contributed by atoms with Gasteiger partial charge < -0.3 is 9.64 Å². The fraction of sp³-hybridized carbons (Fsp3) is 0.154. The highest BCUT2D eigenvalue weighted by atomic mass is 16.5. The highest BCUT2D eigenvalue weighted by Gasteiger charge is 2.32. The molecule has 2 heterocycles. The van der Waals surface area contributed by atoms with Gasteiger partial charge in [0, 0.05) is 24.3 Å². The van der Waals surface area contributed by atoms with Gasteiger partial charge in [-0.15, -0.1) is 0 Å². The minimum absolute atomic E-state index is 0.123. The van der Waals surface area contributed by atoms with E-state index in [9.17, 15) is 4.79 Å². The molecule has 0 saturated carbocycles. The lowest BCUT2D eigenvalue weighted by atomic mass is 10.1. The van der Waals surface area contributed by atoms with Gasteiger partial charge in [-0.25, -0.2) is 4.99 Å². The minimum atomic E-state index is -0.123. The van der Waals surface area contributed by atoms with Crippen LogP contribution in [-0.4, -0.2) is 38.0 Å². The quantitative estimate of drug-likeness (QED) is 0.602. The van der Waals surface area contributed by atoms with Gasteiger partial charge in [0.1, 0.15) is 11.5 Å². The molecular weight excluding hydrogens is 386 g/mol. The van der Waals surface area contributed by atoms with Crippen molar-refractivity contribution in [2.75, 3.05) is 36.1 Å². The van der Waals surface area contributed by atoms with Crippen LogP contribution in [0.4, 0.5) is 11.4 Å². The smallest absolute Gasteiger partial charge is 0.282 e. The van der Waals surface area contributed by atoms with Gasteiger partial charge in [-0.05, 0) is 35.9 Å². The maximum absolute atomic E-state index is 13.4. The van der Waals surface area contributed by atoms with E-state index < -0.39 is 0 Å². The summed E-state index contributed by atoms with van der Waals surface area (Å²) in [7, 11) is 0. The standard InChI is InChI=1S/C26H23N3O2/c30-26-24(19-20-7-3-1-4-8-20)27-25(21-9-5-2-6-10-21)29(26)23-13-11-22(12-14-23)28-15-17-31-18-16-28/h1-14,19H,15-18H2/b24-19-. The average molecular weight is 409 g/mol. The van der Waals surface area contributed by atoms with Gasteiger partial charge >= 0.3 is 0 Å². The first-order valence-electron chi connectivity index (χ1n) is 10.5. The number of aliphatic imine (C=N–C) groups is 1. The van der Waals surface area contributed by atoms with Crippen molar-refractivity contribution in [2.24, 2.45) is 4.99 Å². The molecule has 0 atom stereocenters. The van der Waals surface area contributed by atoms with Gasteiger partial charge in [0.2, 0.25) is 0 Å². The highest BCUT2D eigenvalue weighted by molar-refractivity contribution is 6.33. The fourth-order valence-electron chi connectivity index (χ4n) is 3.88. The van der Waals surface area contributed by atoms with E-state index in [1.54, 1.807) is 4.90 Å². The van der Waals surface area contributed by atoms with Crippen molar-refractivity contribution < 1.29 is 9.53 Å². The summed E-state index contributed by atoms with van der Waals surface area (Å²) in [6, 6.07) is 27.8. The lowest BCUT2D eigenvalue weighted by Crippen LogP contribution is -2.36. The summed E-state index contributed by atoms with van der Waals surface area (Å²) >= 11 is 0. The molecule has 2 aliphatic heterocycles. The predicted molar refractivity (Wildman–Crippen MR) is 124 cm³/mol. The van der Waals surface area contributed by atoms with Crippen LogP contribution in [0.5, 0.6) is 0 Å². The molecule has 1 amide bonds. The van der Waals surface area contributed by atoms with E-state index in [1.807, 2.05) is 78.9 Å². The number of ether oxygens (including phenoxy) is 1. The molecule has 5 rings (SSSR count). The zero-order valence-electron chi connectivity index (χ0n) is 17.1. The van der Waals surface area contributed by atoms with Crippen LogP contribution in [0, 0.1) is 0 Å². The number of rotatable bonds is 4. The lowest BCUT2D eigenvalue weighted by molar-refractivity contribution is -0.113. The second-order valence-corrected chi connectivity index (χ2v) is 7.50. The molecule has 0 unspecified atom stereocenters. The third kappa shape index (κ3) is 4.00. The molecule has 1 saturated heterocycles. The first-order chi connectivity index (χ1) is 15.3. The zero-order valence-corrected chi connectivity index (χ0v) is 17.1. The maximum atomic E-state index is 13.4. The van der Waals surface area contributed by atoms with Gasteiger partial charge in [0.15, 0.2) is 0 Å². The van der Waals surface area contributed by atoms with Crippen LogP contribution in [0.1, 0.15) is 11.1 Å². The molecule has 5 heteroatoms. The Bertz CT molecular complexity index is 1120. The maximum Gasteiger partial charge on any atom is 0.282 e. The van der Waals surface area contributed by atoms with Crippen molar-refractivity contribution in [3.05, 3.63) is 102 Å². The van der Waals surface area contributed by atoms with Gasteiger partial charge in [-0.3, -0.25) is 9.69 Å². The van der Waals surface area contributed by atoms with E-state index in [2.05, 4.69) is 17.0 Å². The van der Waals surface area contributed by atoms with Gasteiger partial charge in [0.25, 0.3) is 5.91 Å². The van der Waals surface area contributed by atoms with Crippen molar-refractivity contribution in [2.45, 2.75) is 0 Å². The van der Waals surface area contributed by atoms with E-state index in [1.165, 1.54) is 0 Å². The first kappa shape index (κ1) is 19.3. The molecule has 5 nitrogen and oxygen atoms in total. The summed E-state index contributed by atoms with van der Waals surface area (Å²) in [5, 5.41) is 0. The molecule has 0 radical (unpaired) electrons. The summed E-state index contributed by atoms with van der Waals surface area (Å²) in [5.74, 6) is 0.522. The highest BCUT2D eigenvalue weighted by Crippen LogP contribution is 2.29. The molecule has 0 aromatic heterocycles. The number of benzene rings is 3. The Labute approximate surface area is 181 Å². The van der Waals surface area contributed by atoms with E-state index >= 15 is 0 Å². The first-order valence-corrected chi connectivity index (χ1v) is 10.5. The van der Waals surface area contributed by atoms with Crippen LogP contribution in [0.2, 0.25) is 0 Å². The SMILES string of the molecule is O=C1/C(=C/c2ccccc2)N=C(c2ccccc2)N1c1ccc(N2CCOCC2)cc1. The third-order valence-corrected chi connectivity index (χ3v) is 5.48. The summed E-state index contributed by atoms with van der Waals surface area (Å²) in [6.45, 7) is 3.24. The Hall–Kier alpha value is -3.70. The van der Waals surface area contributed by atoms with Gasteiger partial charge in [-0.1, -0.05) is 60.7 Å². The minimum Gasteiger partial charge on any atom is -0.378 e. The van der Waals surface area contributed by atoms with Crippen LogP contribution in [0.15, 0.2) is 95.6 Å². The number of hydrogen-bond acceptors (Lipinski definition) is 4. The Balaban J connectivity index is 1.51. The topological polar surface area (TPSA) is 45.1 Å². The number of morpholine rings is 1. The summed E-state index contributed by atoms with van der Waals surface area (Å²) in [5.41, 5.74) is 4.23. The number of amides is 1. The third-order valence-electron chi connectivity index (χ3n) is 5.48. The zero-order chi connectivity index (χ0) is 21.0. The number of nitrogens with zero attached hydrogens (tertiary/aromatic N) is 3. The Morgan fingerprint density at radius 1 is 0.774 bits per heavy atom. The molecule has 1 fully saturated rings. The summed E-state index contributed by atoms with van der Waals surface area (Å²) in [4.78, 5) is 22.1. The Morgan fingerprint density at radius 3 is 2.06 bits per heavy atom. The van der Waals surface area contributed by atoms with Crippen molar-refractivity contribution in [3.8, 4) is 0 Å². The molecule has 3 aromatic rings. The lowest BCUT2D eigenvalue weighted by Gasteiger charge is -2.29. The molecule has 0 N–H and O–H groups in total. The molecule has 0 aliphatic carbocycles. The number of carbonyl (C=O) groups is 1. The van der Waals surface area contributed by atoms with E-state index in [0.717, 1.165) is 48.8 Å². The van der Waals surface area contributed by atoms with Crippen molar-refractivity contribution in [1.29, 1.82) is 0 Å². The fourth-order valence-corrected chi connectivity index (χ4v) is 3.88. The van der Waals surface area contributed by atoms with E-state index in [4.69, 9.17) is 9.73 Å². The number of anilines is 2. The second kappa shape index (κ2) is 8.58. The van der Waals surface area contributed by atoms with Crippen LogP contribution in [0.25, 0.3) is 6.08 Å². The molecule has 0 spiro atoms. The molecule has 31 heavy (non-hydrogen) atoms. The normalized spacial score (nSPS) is 17.9. The molecular formula is C26H23N3O2. The van der Waals surface area contributed by atoms with Crippen molar-refractivity contribution >= 4 is 29.2 Å². The number of hydrogen-bond donors (Lipinski definition) is 0. The van der Waals surface area contributed by atoms with Gasteiger partial charge in [0.05, 0.1) is 18.9 Å². The van der Waals surface area contributed by atoms with Crippen LogP contribution in [-0.2, 0) is 9.53 Å². The Morgan fingerprint density at radius 2 is 1.39 bits per heavy atom. The second-order valence-electron chi connectivity index (χ2n) is 7.50. The number of amidine groups is 1. The molecule has 154 valence electrons.